The quantitative estimate of drug-likeness (QED) is 0.672. The van der Waals surface area contributed by atoms with Crippen LogP contribution in [-0.2, 0) is 0 Å². The second-order valence-electron chi connectivity index (χ2n) is 2.71. The molecule has 0 atom stereocenters. The lowest BCUT2D eigenvalue weighted by molar-refractivity contribution is 0.102. The summed E-state index contributed by atoms with van der Waals surface area (Å²) in [5.41, 5.74) is 0.0912. The van der Waals surface area contributed by atoms with Crippen molar-refractivity contribution < 1.29 is 14.6 Å². The number of Topliss-reactive ketones (excluding diaryl/α,β-unsaturated/α-hetero) is 1. The number of rotatable bonds is 3. The topological polar surface area (TPSA) is 70.3 Å². The number of benzene rings is 1. The van der Waals surface area contributed by atoms with Crippen molar-refractivity contribution in [1.29, 1.82) is 5.26 Å². The molecule has 4 nitrogen and oxygen atoms in total. The van der Waals surface area contributed by atoms with Crippen molar-refractivity contribution in [2.45, 2.75) is 0 Å². The number of aromatic hydroxyl groups is 1. The Balaban J connectivity index is 3.37. The molecule has 0 unspecified atom stereocenters. The van der Waals surface area contributed by atoms with Gasteiger partial charge in [0.25, 0.3) is 0 Å². The van der Waals surface area contributed by atoms with Crippen LogP contribution in [0.15, 0.2) is 12.1 Å². The molecule has 78 valence electrons. The second-order valence-corrected chi connectivity index (χ2v) is 3.27. The van der Waals surface area contributed by atoms with Gasteiger partial charge in [-0.2, -0.15) is 5.26 Å². The van der Waals surface area contributed by atoms with E-state index in [-0.39, 0.29) is 33.7 Å². The van der Waals surface area contributed by atoms with Crippen LogP contribution in [-0.4, -0.2) is 23.3 Å². The number of hydrogen-bond acceptors (Lipinski definition) is 4. The molecule has 0 radical (unpaired) electrons. The van der Waals surface area contributed by atoms with Gasteiger partial charge in [0, 0.05) is 0 Å². The van der Waals surface area contributed by atoms with Crippen molar-refractivity contribution in [1.82, 2.24) is 0 Å². The van der Waals surface area contributed by atoms with Gasteiger partial charge in [0.05, 0.1) is 18.0 Å². The van der Waals surface area contributed by atoms with E-state index in [1.54, 1.807) is 6.07 Å². The van der Waals surface area contributed by atoms with Crippen LogP contribution in [0.25, 0.3) is 0 Å². The molecule has 0 bridgehead atoms. The van der Waals surface area contributed by atoms with E-state index in [2.05, 4.69) is 15.9 Å². The Hall–Kier alpha value is -1.54. The van der Waals surface area contributed by atoms with E-state index in [0.717, 1.165) is 0 Å². The Morgan fingerprint density at radius 1 is 1.67 bits per heavy atom. The molecule has 0 aromatic heterocycles. The van der Waals surface area contributed by atoms with Crippen LogP contribution in [0.4, 0.5) is 0 Å². The Morgan fingerprint density at radius 2 is 2.33 bits per heavy atom. The van der Waals surface area contributed by atoms with Gasteiger partial charge in [0.2, 0.25) is 0 Å². The van der Waals surface area contributed by atoms with E-state index in [9.17, 15) is 9.90 Å². The van der Waals surface area contributed by atoms with Crippen molar-refractivity contribution in [3.05, 3.63) is 23.3 Å². The number of carbonyl (C=O) groups excluding carboxylic acids is 1. The van der Waals surface area contributed by atoms with E-state index < -0.39 is 0 Å². The molecule has 0 amide bonds. The first-order valence-electron chi connectivity index (χ1n) is 4.05. The fraction of sp³-hybridized carbons (Fsp3) is 0.200. The van der Waals surface area contributed by atoms with E-state index in [0.29, 0.717) is 0 Å². The Labute approximate surface area is 95.2 Å². The Kier molecular flexibility index (Phi) is 3.69. The third-order valence-electron chi connectivity index (χ3n) is 1.89. The number of nitrogens with zero attached hydrogens (tertiary/aromatic N) is 1. The van der Waals surface area contributed by atoms with Crippen molar-refractivity contribution >= 4 is 21.7 Å². The van der Waals surface area contributed by atoms with Gasteiger partial charge in [-0.1, -0.05) is 15.9 Å². The van der Waals surface area contributed by atoms with Gasteiger partial charge in [-0.25, -0.2) is 0 Å². The van der Waals surface area contributed by atoms with Gasteiger partial charge in [0.15, 0.2) is 5.78 Å². The summed E-state index contributed by atoms with van der Waals surface area (Å²) in [5, 5.41) is 18.5. The minimum Gasteiger partial charge on any atom is -0.506 e. The number of halogens is 1. The first-order chi connectivity index (χ1) is 7.15. The first-order valence-corrected chi connectivity index (χ1v) is 5.17. The van der Waals surface area contributed by atoms with Crippen LogP contribution < -0.4 is 4.74 Å². The van der Waals surface area contributed by atoms with Crippen LogP contribution in [0.3, 0.4) is 0 Å². The zero-order valence-corrected chi connectivity index (χ0v) is 9.54. The predicted octanol–water partition coefficient (Wildman–Crippen LogP) is 1.85. The molecular weight excluding hydrogens is 262 g/mol. The van der Waals surface area contributed by atoms with Gasteiger partial charge in [-0.3, -0.25) is 4.79 Å². The van der Waals surface area contributed by atoms with Gasteiger partial charge in [-0.05, 0) is 12.1 Å². The highest BCUT2D eigenvalue weighted by Crippen LogP contribution is 2.30. The van der Waals surface area contributed by atoms with Gasteiger partial charge >= 0.3 is 0 Å². The fourth-order valence-electron chi connectivity index (χ4n) is 1.15. The molecular formula is C10H8BrNO3. The molecule has 0 spiro atoms. The number of methoxy groups -OCH3 is 1. The normalized spacial score (nSPS) is 9.40. The molecule has 0 saturated carbocycles. The first kappa shape index (κ1) is 11.5. The van der Waals surface area contributed by atoms with Crippen molar-refractivity contribution in [3.8, 4) is 17.6 Å². The highest BCUT2D eigenvalue weighted by Gasteiger charge is 2.17. The highest BCUT2D eigenvalue weighted by atomic mass is 79.9. The third kappa shape index (κ3) is 2.10. The minimum absolute atomic E-state index is 0.0238. The van der Waals surface area contributed by atoms with E-state index in [1.165, 1.54) is 19.2 Å². The van der Waals surface area contributed by atoms with Crippen LogP contribution in [0.2, 0.25) is 0 Å². The van der Waals surface area contributed by atoms with E-state index >= 15 is 0 Å². The number of phenolic OH excluding ortho intramolecular Hbond substituents is 1. The van der Waals surface area contributed by atoms with E-state index in [1.807, 2.05) is 0 Å². The van der Waals surface area contributed by atoms with Crippen LogP contribution in [0.5, 0.6) is 11.5 Å². The van der Waals surface area contributed by atoms with E-state index in [4.69, 9.17) is 10.00 Å². The number of ketones is 1. The molecule has 0 aliphatic carbocycles. The zero-order chi connectivity index (χ0) is 11.4. The molecule has 0 saturated heterocycles. The van der Waals surface area contributed by atoms with Gasteiger partial charge in [0.1, 0.15) is 23.1 Å². The molecule has 0 aliphatic rings. The summed E-state index contributed by atoms with van der Waals surface area (Å²) in [6.45, 7) is 0. The lowest BCUT2D eigenvalue weighted by Crippen LogP contribution is -2.02. The third-order valence-corrected chi connectivity index (χ3v) is 2.40. The number of hydrogen-bond donors (Lipinski definition) is 1. The van der Waals surface area contributed by atoms with Crippen LogP contribution in [0.1, 0.15) is 15.9 Å². The maximum Gasteiger partial charge on any atom is 0.177 e. The maximum atomic E-state index is 11.3. The zero-order valence-electron chi connectivity index (χ0n) is 7.95. The number of carbonyl (C=O) groups is 1. The maximum absolute atomic E-state index is 11.3. The predicted molar refractivity (Wildman–Crippen MR) is 57.5 cm³/mol. The molecule has 1 aromatic carbocycles. The molecule has 1 rings (SSSR count). The Morgan fingerprint density at radius 3 is 2.80 bits per heavy atom. The summed E-state index contributed by atoms with van der Waals surface area (Å²) < 4.78 is 4.88. The molecule has 5 heteroatoms. The van der Waals surface area contributed by atoms with Crippen LogP contribution in [0, 0.1) is 11.3 Å². The average Bonchev–Trinajstić information content (AvgIpc) is 2.27. The lowest BCUT2D eigenvalue weighted by Gasteiger charge is -2.07. The summed E-state index contributed by atoms with van der Waals surface area (Å²) in [4.78, 5) is 11.3. The summed E-state index contributed by atoms with van der Waals surface area (Å²) in [6, 6.07) is 4.70. The fourth-order valence-corrected chi connectivity index (χ4v) is 1.45. The lowest BCUT2D eigenvalue weighted by atomic mass is 10.1. The summed E-state index contributed by atoms with van der Waals surface area (Å²) in [7, 11) is 1.39. The molecule has 0 heterocycles. The number of alkyl halides is 1. The van der Waals surface area contributed by atoms with Gasteiger partial charge < -0.3 is 9.84 Å². The molecule has 15 heavy (non-hydrogen) atoms. The smallest absolute Gasteiger partial charge is 0.177 e. The van der Waals surface area contributed by atoms with Crippen LogP contribution >= 0.6 is 15.9 Å². The SMILES string of the molecule is COc1ccc(C(=O)CBr)c(O)c1C#N. The average molecular weight is 270 g/mol. The second kappa shape index (κ2) is 4.80. The summed E-state index contributed by atoms with van der Waals surface area (Å²) in [6.07, 6.45) is 0. The molecule has 1 N–H and O–H groups in total. The molecule has 0 fully saturated rings. The minimum atomic E-state index is -0.332. The highest BCUT2D eigenvalue weighted by molar-refractivity contribution is 9.09. The molecule has 1 aromatic rings. The largest absolute Gasteiger partial charge is 0.506 e. The Bertz CT molecular complexity index is 437. The number of nitriles is 1. The van der Waals surface area contributed by atoms with Crippen molar-refractivity contribution in [2.75, 3.05) is 12.4 Å². The monoisotopic (exact) mass is 269 g/mol. The summed E-state index contributed by atoms with van der Waals surface area (Å²) >= 11 is 2.99. The van der Waals surface area contributed by atoms with Crippen molar-refractivity contribution in [2.24, 2.45) is 0 Å². The summed E-state index contributed by atoms with van der Waals surface area (Å²) in [5.74, 6) is -0.367. The number of phenols is 1. The van der Waals surface area contributed by atoms with Crippen molar-refractivity contribution in [3.63, 3.8) is 0 Å². The van der Waals surface area contributed by atoms with Gasteiger partial charge in [-0.15, -0.1) is 0 Å². The molecule has 0 aliphatic heterocycles. The number of ether oxygens (including phenoxy) is 1. The standard InChI is InChI=1S/C10H8BrNO3/c1-15-9-3-2-6(8(13)4-11)10(14)7(9)5-12/h2-3,14H,4H2,1H3.